The molecule has 5 heteroatoms. The van der Waals surface area contributed by atoms with E-state index in [2.05, 4.69) is 74.0 Å². The van der Waals surface area contributed by atoms with Gasteiger partial charge in [0.2, 0.25) is 0 Å². The highest BCUT2D eigenvalue weighted by Crippen LogP contribution is 2.42. The highest BCUT2D eigenvalue weighted by atomic mass is 31.0. The van der Waals surface area contributed by atoms with Crippen LogP contribution in [-0.4, -0.2) is 36.6 Å². The first-order chi connectivity index (χ1) is 20.2. The van der Waals surface area contributed by atoms with Crippen LogP contribution in [0.4, 0.5) is 0 Å². The number of piperidine rings is 1. The van der Waals surface area contributed by atoms with Crippen LogP contribution in [0.3, 0.4) is 0 Å². The van der Waals surface area contributed by atoms with Crippen LogP contribution in [-0.2, 0) is 11.2 Å². The van der Waals surface area contributed by atoms with E-state index < -0.39 is 0 Å². The Labute approximate surface area is 262 Å². The first kappa shape index (κ1) is 38.1. The predicted molar refractivity (Wildman–Crippen MR) is 188 cm³/mol. The van der Waals surface area contributed by atoms with Crippen molar-refractivity contribution < 1.29 is 9.53 Å². The standard InChI is InChI=1S/C18H30N2.C11H15O2P.C8H18/c1-4-7-18(19-14-15(5-2)6-3)20-12-10-17(11-13-20)16-8-9-16;1-3-13-10-5-4-9(6-8(2)12)7-11(10)14;1-4-6-7-8(3)5-2/h5,7,14,16-17H,4,6,8-13H2,1-3H3;4-5,7H,3,6,14H2,1-2H3;8H,4-7H2,1-3H3/b15-5-,18-7-,19-14-;;. The summed E-state index contributed by atoms with van der Waals surface area (Å²) in [4.78, 5) is 18.1. The number of rotatable bonds is 14. The average molecular weight is 599 g/mol. The zero-order valence-corrected chi connectivity index (χ0v) is 29.5. The number of likely N-dealkylation sites (tertiary alicyclic amines) is 1. The SMILES string of the molecule is CCCCC(C)CC.CCOc1ccc(CC(C)=O)cc1P.C\C=C(/C=N\C(=C\CC)N1CCC(C2CC2)CC1)CC. The summed E-state index contributed by atoms with van der Waals surface area (Å²) in [6.45, 7) is 19.9. The van der Waals surface area contributed by atoms with Gasteiger partial charge in [-0.1, -0.05) is 72.4 Å². The Kier molecular flexibility index (Phi) is 20.5. The number of unbranched alkanes of at least 4 members (excludes halogenated alkanes) is 1. The highest BCUT2D eigenvalue weighted by molar-refractivity contribution is 7.27. The van der Waals surface area contributed by atoms with E-state index in [1.807, 2.05) is 25.1 Å². The molecule has 0 spiro atoms. The topological polar surface area (TPSA) is 41.9 Å². The Morgan fingerprint density at radius 1 is 1.10 bits per heavy atom. The average Bonchev–Trinajstić information content (AvgIpc) is 3.84. The molecule has 2 atom stereocenters. The maximum Gasteiger partial charge on any atom is 0.134 e. The van der Waals surface area contributed by atoms with Crippen LogP contribution in [0.2, 0.25) is 0 Å². The maximum absolute atomic E-state index is 10.9. The summed E-state index contributed by atoms with van der Waals surface area (Å²) >= 11 is 0. The lowest BCUT2D eigenvalue weighted by atomic mass is 9.92. The zero-order chi connectivity index (χ0) is 31.3. The van der Waals surface area contributed by atoms with Crippen molar-refractivity contribution in [3.05, 3.63) is 47.3 Å². The molecule has 1 aliphatic carbocycles. The number of hydrogen-bond acceptors (Lipinski definition) is 4. The van der Waals surface area contributed by atoms with E-state index in [1.165, 1.54) is 75.9 Å². The summed E-state index contributed by atoms with van der Waals surface area (Å²) in [5.41, 5.74) is 2.35. The highest BCUT2D eigenvalue weighted by Gasteiger charge is 2.33. The second-order valence-corrected chi connectivity index (χ2v) is 12.6. The number of hydrogen-bond donors (Lipinski definition) is 0. The van der Waals surface area contributed by atoms with Crippen LogP contribution in [0.15, 0.2) is 46.7 Å². The molecule has 2 aliphatic rings. The third-order valence-electron chi connectivity index (χ3n) is 8.26. The van der Waals surface area contributed by atoms with Crippen LogP contribution in [0.25, 0.3) is 0 Å². The second-order valence-electron chi connectivity index (χ2n) is 11.9. The number of nitrogens with zero attached hydrogens (tertiary/aromatic N) is 2. The molecule has 0 N–H and O–H groups in total. The summed E-state index contributed by atoms with van der Waals surface area (Å²) < 4.78 is 5.39. The van der Waals surface area contributed by atoms with Gasteiger partial charge in [-0.2, -0.15) is 0 Å². The van der Waals surface area contributed by atoms with Gasteiger partial charge in [0, 0.05) is 31.0 Å². The fourth-order valence-corrected chi connectivity index (χ4v) is 5.57. The smallest absolute Gasteiger partial charge is 0.134 e. The van der Waals surface area contributed by atoms with E-state index >= 15 is 0 Å². The Morgan fingerprint density at radius 3 is 2.24 bits per heavy atom. The van der Waals surface area contributed by atoms with E-state index in [9.17, 15) is 4.79 Å². The number of ether oxygens (including phenoxy) is 1. The third kappa shape index (κ3) is 16.1. The largest absolute Gasteiger partial charge is 0.493 e. The van der Waals surface area contributed by atoms with Crippen molar-refractivity contribution >= 4 is 26.5 Å². The van der Waals surface area contributed by atoms with Gasteiger partial charge in [-0.05, 0) is 106 Å². The maximum atomic E-state index is 10.9. The van der Waals surface area contributed by atoms with Gasteiger partial charge < -0.3 is 9.64 Å². The van der Waals surface area contributed by atoms with Crippen LogP contribution in [0.5, 0.6) is 5.75 Å². The molecule has 1 saturated carbocycles. The van der Waals surface area contributed by atoms with Gasteiger partial charge >= 0.3 is 0 Å². The Morgan fingerprint density at radius 2 is 1.76 bits per heavy atom. The summed E-state index contributed by atoms with van der Waals surface area (Å²) in [5, 5.41) is 1.01. The van der Waals surface area contributed by atoms with Gasteiger partial charge in [-0.25, -0.2) is 4.99 Å². The lowest BCUT2D eigenvalue weighted by Crippen LogP contribution is -2.33. The number of ketones is 1. The monoisotopic (exact) mass is 598 g/mol. The van der Waals surface area contributed by atoms with Gasteiger partial charge in [0.15, 0.2) is 0 Å². The number of carbonyl (C=O) groups is 1. The number of Topliss-reactive ketones (excluding diaryl/α,β-unsaturated/α-hetero) is 1. The summed E-state index contributed by atoms with van der Waals surface area (Å²) in [5.74, 6) is 5.25. The molecule has 3 rings (SSSR count). The predicted octanol–water partition coefficient (Wildman–Crippen LogP) is 9.73. The molecule has 0 amide bonds. The molecule has 42 heavy (non-hydrogen) atoms. The molecule has 0 radical (unpaired) electrons. The normalized spacial score (nSPS) is 16.8. The number of benzene rings is 1. The van der Waals surface area contributed by atoms with Gasteiger partial charge in [0.25, 0.3) is 0 Å². The van der Waals surface area contributed by atoms with Crippen molar-refractivity contribution in [2.24, 2.45) is 22.7 Å². The molecule has 4 nitrogen and oxygen atoms in total. The molecule has 2 unspecified atom stereocenters. The second kappa shape index (κ2) is 22.6. The first-order valence-corrected chi connectivity index (χ1v) is 17.4. The van der Waals surface area contributed by atoms with Crippen LogP contribution >= 0.6 is 9.24 Å². The van der Waals surface area contributed by atoms with Gasteiger partial charge in [-0.15, -0.1) is 9.24 Å². The van der Waals surface area contributed by atoms with Crippen molar-refractivity contribution in [1.82, 2.24) is 4.90 Å². The number of allylic oxidation sites excluding steroid dienone is 3. The molecule has 1 aromatic carbocycles. The Bertz CT molecular complexity index is 972. The molecule has 2 fully saturated rings. The van der Waals surface area contributed by atoms with E-state index in [1.54, 1.807) is 6.92 Å². The molecular formula is C37H63N2O2P. The van der Waals surface area contributed by atoms with Crippen molar-refractivity contribution in [3.8, 4) is 5.75 Å². The van der Waals surface area contributed by atoms with E-state index in [0.29, 0.717) is 13.0 Å². The van der Waals surface area contributed by atoms with Crippen molar-refractivity contribution in [3.63, 3.8) is 0 Å². The fraction of sp³-hybridized carbons (Fsp3) is 0.676. The minimum absolute atomic E-state index is 0.179. The molecule has 0 aromatic heterocycles. The summed E-state index contributed by atoms with van der Waals surface area (Å²) in [6.07, 6.45) is 20.3. The van der Waals surface area contributed by atoms with Gasteiger partial charge in [-0.3, -0.25) is 4.79 Å². The lowest BCUT2D eigenvalue weighted by Gasteiger charge is -2.33. The molecule has 1 aliphatic heterocycles. The fourth-order valence-electron chi connectivity index (χ4n) is 5.17. The minimum atomic E-state index is 0.179. The van der Waals surface area contributed by atoms with Crippen LogP contribution < -0.4 is 10.0 Å². The van der Waals surface area contributed by atoms with Crippen molar-refractivity contribution in [2.75, 3.05) is 19.7 Å². The summed E-state index contributed by atoms with van der Waals surface area (Å²) in [7, 11) is 2.62. The van der Waals surface area contributed by atoms with Gasteiger partial charge in [0.1, 0.15) is 17.4 Å². The minimum Gasteiger partial charge on any atom is -0.493 e. The molecule has 1 heterocycles. The van der Waals surface area contributed by atoms with E-state index in [4.69, 9.17) is 9.73 Å². The Balaban J connectivity index is 0.000000349. The molecular weight excluding hydrogens is 535 g/mol. The molecule has 0 bridgehead atoms. The Hall–Kier alpha value is -1.93. The summed E-state index contributed by atoms with van der Waals surface area (Å²) in [6, 6.07) is 5.81. The third-order valence-corrected chi connectivity index (χ3v) is 8.71. The van der Waals surface area contributed by atoms with E-state index in [-0.39, 0.29) is 5.78 Å². The lowest BCUT2D eigenvalue weighted by molar-refractivity contribution is -0.116. The van der Waals surface area contributed by atoms with Gasteiger partial charge in [0.05, 0.1) is 6.61 Å². The molecule has 1 aromatic rings. The van der Waals surface area contributed by atoms with Crippen LogP contribution in [0.1, 0.15) is 125 Å². The van der Waals surface area contributed by atoms with Crippen LogP contribution in [0, 0.1) is 17.8 Å². The molecule has 238 valence electrons. The quantitative estimate of drug-likeness (QED) is 0.158. The molecule has 1 saturated heterocycles. The number of aliphatic imine (C=N–C) groups is 1. The van der Waals surface area contributed by atoms with Crippen molar-refractivity contribution in [2.45, 2.75) is 126 Å². The zero-order valence-electron chi connectivity index (χ0n) is 28.4. The van der Waals surface area contributed by atoms with Crippen molar-refractivity contribution in [1.29, 1.82) is 0 Å². The number of carbonyl (C=O) groups excluding carboxylic acids is 1. The van der Waals surface area contributed by atoms with E-state index in [0.717, 1.165) is 47.2 Å². The first-order valence-electron chi connectivity index (χ1n) is 16.9.